The minimum absolute atomic E-state index is 0.836. The van der Waals surface area contributed by atoms with E-state index < -0.39 is 0 Å². The maximum Gasteiger partial charge on any atom is -0.0238 e. The Hall–Kier alpha value is -1.56. The third-order valence-electron chi connectivity index (χ3n) is 4.23. The van der Waals surface area contributed by atoms with Gasteiger partial charge in [0.2, 0.25) is 0 Å². The molecule has 19 heavy (non-hydrogen) atoms. The van der Waals surface area contributed by atoms with E-state index in [1.807, 2.05) is 0 Å². The number of rotatable bonds is 3. The van der Waals surface area contributed by atoms with Gasteiger partial charge in [-0.1, -0.05) is 55.0 Å². The molecule has 1 unspecified atom stereocenters. The van der Waals surface area contributed by atoms with Crippen molar-refractivity contribution in [2.24, 2.45) is 5.92 Å². The molecular formula is C19H22. The molecule has 0 spiro atoms. The zero-order chi connectivity index (χ0) is 13.2. The standard InChI is InChI=1S/C19H22/c1-14-3-5-16(6-4-14)7-8-17-9-10-18-11-15(2)12-19(18)13-17/h3-6,9-10,13,15H,7-8,11-12H2,1-2H3. The predicted octanol–water partition coefficient (Wildman–Crippen LogP) is 4.51. The Bertz CT molecular complexity index is 563. The Morgan fingerprint density at radius 3 is 2.26 bits per heavy atom. The SMILES string of the molecule is Cc1ccc(CCc2ccc3c(c2)CC(C)C3)cc1. The lowest BCUT2D eigenvalue weighted by Crippen LogP contribution is -1.93. The molecule has 0 saturated heterocycles. The summed E-state index contributed by atoms with van der Waals surface area (Å²) in [6, 6.07) is 16.0. The van der Waals surface area contributed by atoms with Gasteiger partial charge in [0.25, 0.3) is 0 Å². The number of hydrogen-bond donors (Lipinski definition) is 0. The van der Waals surface area contributed by atoms with Gasteiger partial charge >= 0.3 is 0 Å². The number of benzene rings is 2. The second kappa shape index (κ2) is 5.21. The second-order valence-corrected chi connectivity index (χ2v) is 6.10. The fraction of sp³-hybridized carbons (Fsp3) is 0.368. The van der Waals surface area contributed by atoms with E-state index >= 15 is 0 Å². The Kier molecular flexibility index (Phi) is 3.42. The molecular weight excluding hydrogens is 228 g/mol. The van der Waals surface area contributed by atoms with Crippen molar-refractivity contribution in [3.05, 3.63) is 70.3 Å². The Balaban J connectivity index is 1.68. The first-order chi connectivity index (χ1) is 9.20. The number of aryl methyl sites for hydroxylation is 3. The summed E-state index contributed by atoms with van der Waals surface area (Å²) in [6.45, 7) is 4.50. The first kappa shape index (κ1) is 12.5. The molecule has 0 fully saturated rings. The van der Waals surface area contributed by atoms with Gasteiger partial charge in [0.15, 0.2) is 0 Å². The molecule has 98 valence electrons. The topological polar surface area (TPSA) is 0 Å². The van der Waals surface area contributed by atoms with Gasteiger partial charge in [0.05, 0.1) is 0 Å². The average molecular weight is 250 g/mol. The molecule has 0 N–H and O–H groups in total. The molecule has 0 saturated carbocycles. The van der Waals surface area contributed by atoms with Crippen LogP contribution in [0.2, 0.25) is 0 Å². The third kappa shape index (κ3) is 2.89. The van der Waals surface area contributed by atoms with Crippen LogP contribution in [0.1, 0.15) is 34.7 Å². The highest BCUT2D eigenvalue weighted by atomic mass is 14.2. The highest BCUT2D eigenvalue weighted by Crippen LogP contribution is 2.27. The molecule has 2 aromatic rings. The van der Waals surface area contributed by atoms with E-state index in [2.05, 4.69) is 56.3 Å². The summed E-state index contributed by atoms with van der Waals surface area (Å²) in [5.74, 6) is 0.836. The van der Waals surface area contributed by atoms with E-state index in [4.69, 9.17) is 0 Å². The minimum Gasteiger partial charge on any atom is -0.0619 e. The summed E-state index contributed by atoms with van der Waals surface area (Å²) in [6.07, 6.45) is 4.85. The van der Waals surface area contributed by atoms with Gasteiger partial charge in [-0.3, -0.25) is 0 Å². The molecule has 1 atom stereocenters. The van der Waals surface area contributed by atoms with Crippen LogP contribution in [0.5, 0.6) is 0 Å². The van der Waals surface area contributed by atoms with Crippen molar-refractivity contribution < 1.29 is 0 Å². The van der Waals surface area contributed by atoms with E-state index in [1.54, 1.807) is 11.1 Å². The Morgan fingerprint density at radius 1 is 0.842 bits per heavy atom. The van der Waals surface area contributed by atoms with Crippen LogP contribution in [-0.4, -0.2) is 0 Å². The average Bonchev–Trinajstić information content (AvgIpc) is 2.77. The van der Waals surface area contributed by atoms with E-state index in [0.29, 0.717) is 0 Å². The zero-order valence-corrected chi connectivity index (χ0v) is 11.9. The summed E-state index contributed by atoms with van der Waals surface area (Å²) >= 11 is 0. The maximum atomic E-state index is 2.44. The lowest BCUT2D eigenvalue weighted by molar-refractivity contribution is 0.627. The molecule has 0 bridgehead atoms. The molecule has 0 amide bonds. The van der Waals surface area contributed by atoms with Crippen LogP contribution in [0.3, 0.4) is 0 Å². The van der Waals surface area contributed by atoms with Gasteiger partial charge in [0.1, 0.15) is 0 Å². The van der Waals surface area contributed by atoms with Crippen molar-refractivity contribution in [3.8, 4) is 0 Å². The molecule has 0 heteroatoms. The summed E-state index contributed by atoms with van der Waals surface area (Å²) < 4.78 is 0. The predicted molar refractivity (Wildman–Crippen MR) is 81.6 cm³/mol. The van der Waals surface area contributed by atoms with Crippen LogP contribution in [0, 0.1) is 12.8 Å². The summed E-state index contributed by atoms with van der Waals surface area (Å²) in [4.78, 5) is 0. The van der Waals surface area contributed by atoms with E-state index in [9.17, 15) is 0 Å². The first-order valence-electron chi connectivity index (χ1n) is 7.37. The van der Waals surface area contributed by atoms with Gasteiger partial charge in [-0.05, 0) is 60.8 Å². The Morgan fingerprint density at radius 2 is 1.47 bits per heavy atom. The molecule has 0 nitrogen and oxygen atoms in total. The molecule has 0 aromatic heterocycles. The van der Waals surface area contributed by atoms with E-state index in [1.165, 1.54) is 29.5 Å². The van der Waals surface area contributed by atoms with Gasteiger partial charge in [-0.2, -0.15) is 0 Å². The Labute approximate surface area is 116 Å². The van der Waals surface area contributed by atoms with Crippen molar-refractivity contribution in [2.75, 3.05) is 0 Å². The van der Waals surface area contributed by atoms with Crippen molar-refractivity contribution in [1.29, 1.82) is 0 Å². The second-order valence-electron chi connectivity index (χ2n) is 6.10. The van der Waals surface area contributed by atoms with Crippen LogP contribution in [0.25, 0.3) is 0 Å². The molecule has 0 aliphatic heterocycles. The van der Waals surface area contributed by atoms with Crippen LogP contribution < -0.4 is 0 Å². The third-order valence-corrected chi connectivity index (χ3v) is 4.23. The zero-order valence-electron chi connectivity index (χ0n) is 11.9. The highest BCUT2D eigenvalue weighted by molar-refractivity contribution is 5.36. The quantitative estimate of drug-likeness (QED) is 0.751. The molecule has 1 aliphatic carbocycles. The molecule has 0 radical (unpaired) electrons. The summed E-state index contributed by atoms with van der Waals surface area (Å²) in [7, 11) is 0. The smallest absolute Gasteiger partial charge is 0.0238 e. The molecule has 1 aliphatic rings. The fourth-order valence-corrected chi connectivity index (χ4v) is 3.09. The van der Waals surface area contributed by atoms with Crippen molar-refractivity contribution in [3.63, 3.8) is 0 Å². The minimum atomic E-state index is 0.836. The van der Waals surface area contributed by atoms with Crippen LogP contribution in [-0.2, 0) is 25.7 Å². The van der Waals surface area contributed by atoms with Crippen LogP contribution >= 0.6 is 0 Å². The summed E-state index contributed by atoms with van der Waals surface area (Å²) in [5.41, 5.74) is 7.45. The molecule has 3 rings (SSSR count). The highest BCUT2D eigenvalue weighted by Gasteiger charge is 2.17. The summed E-state index contributed by atoms with van der Waals surface area (Å²) in [5, 5.41) is 0. The number of hydrogen-bond acceptors (Lipinski definition) is 0. The molecule has 0 heterocycles. The normalized spacial score (nSPS) is 17.5. The monoisotopic (exact) mass is 250 g/mol. The molecule has 2 aromatic carbocycles. The largest absolute Gasteiger partial charge is 0.0619 e. The van der Waals surface area contributed by atoms with Gasteiger partial charge in [-0.25, -0.2) is 0 Å². The fourth-order valence-electron chi connectivity index (χ4n) is 3.09. The first-order valence-corrected chi connectivity index (χ1v) is 7.37. The van der Waals surface area contributed by atoms with Crippen LogP contribution in [0.15, 0.2) is 42.5 Å². The van der Waals surface area contributed by atoms with Crippen molar-refractivity contribution in [2.45, 2.75) is 39.5 Å². The van der Waals surface area contributed by atoms with Crippen molar-refractivity contribution in [1.82, 2.24) is 0 Å². The number of fused-ring (bicyclic) bond motifs is 1. The van der Waals surface area contributed by atoms with Crippen LogP contribution in [0.4, 0.5) is 0 Å². The van der Waals surface area contributed by atoms with E-state index in [0.717, 1.165) is 18.8 Å². The van der Waals surface area contributed by atoms with Gasteiger partial charge < -0.3 is 0 Å². The lowest BCUT2D eigenvalue weighted by Gasteiger charge is -2.05. The maximum absolute atomic E-state index is 2.44. The van der Waals surface area contributed by atoms with Crippen molar-refractivity contribution >= 4 is 0 Å². The lowest BCUT2D eigenvalue weighted by atomic mass is 10.00. The van der Waals surface area contributed by atoms with Gasteiger partial charge in [0, 0.05) is 0 Å². The van der Waals surface area contributed by atoms with E-state index in [-0.39, 0.29) is 0 Å². The van der Waals surface area contributed by atoms with Gasteiger partial charge in [-0.15, -0.1) is 0 Å².